The summed E-state index contributed by atoms with van der Waals surface area (Å²) in [6.45, 7) is 2.52. The summed E-state index contributed by atoms with van der Waals surface area (Å²) in [5, 5.41) is 17.6. The van der Waals surface area contributed by atoms with Crippen LogP contribution in [0, 0.1) is 5.92 Å². The van der Waals surface area contributed by atoms with E-state index in [1.54, 1.807) is 0 Å². The molecule has 0 aromatic carbocycles. The van der Waals surface area contributed by atoms with Gasteiger partial charge in [0.1, 0.15) is 0 Å². The first-order valence-electron chi connectivity index (χ1n) is 11.8. The predicted octanol–water partition coefficient (Wildman–Crippen LogP) is 7.44. The molecule has 3 nitrogen and oxygen atoms in total. The molecule has 164 valence electrons. The summed E-state index contributed by atoms with van der Waals surface area (Å²) >= 11 is 0. The summed E-state index contributed by atoms with van der Waals surface area (Å²) in [5.41, 5.74) is 0. The number of allylic oxidation sites excluding steroid dienone is 4. The van der Waals surface area contributed by atoms with Gasteiger partial charge in [-0.05, 0) is 50.9 Å². The Labute approximate surface area is 174 Å². The second-order valence-electron chi connectivity index (χ2n) is 8.04. The van der Waals surface area contributed by atoms with Crippen molar-refractivity contribution in [2.75, 3.05) is 6.61 Å². The Morgan fingerprint density at radius 3 is 1.89 bits per heavy atom. The number of aliphatic hydroxyl groups is 1. The molecule has 1 unspecified atom stereocenters. The Kier molecular flexibility index (Phi) is 21.3. The molecule has 3 heteroatoms. The molecule has 0 aromatic rings. The minimum atomic E-state index is -0.656. The van der Waals surface area contributed by atoms with Crippen LogP contribution in [0.25, 0.3) is 0 Å². The van der Waals surface area contributed by atoms with Gasteiger partial charge < -0.3 is 10.2 Å². The maximum atomic E-state index is 10.7. The van der Waals surface area contributed by atoms with Crippen molar-refractivity contribution in [3.63, 3.8) is 0 Å². The summed E-state index contributed by atoms with van der Waals surface area (Å²) in [5.74, 6) is -0.0506. The third-order valence-corrected chi connectivity index (χ3v) is 5.33. The van der Waals surface area contributed by atoms with Crippen molar-refractivity contribution in [1.29, 1.82) is 0 Å². The van der Waals surface area contributed by atoms with E-state index in [1.807, 2.05) is 0 Å². The molecule has 0 aliphatic carbocycles. The quantitative estimate of drug-likeness (QED) is 0.157. The van der Waals surface area contributed by atoms with Crippen molar-refractivity contribution >= 4 is 5.97 Å². The summed E-state index contributed by atoms with van der Waals surface area (Å²) in [6.07, 6.45) is 28.3. The molecule has 0 saturated heterocycles. The average Bonchev–Trinajstić information content (AvgIpc) is 2.68. The van der Waals surface area contributed by atoms with Crippen molar-refractivity contribution in [3.05, 3.63) is 24.3 Å². The number of rotatable bonds is 21. The lowest BCUT2D eigenvalue weighted by molar-refractivity contribution is -0.137. The smallest absolute Gasteiger partial charge is 0.303 e. The number of carbonyl (C=O) groups is 1. The predicted molar refractivity (Wildman–Crippen MR) is 121 cm³/mol. The maximum Gasteiger partial charge on any atom is 0.303 e. The second-order valence-corrected chi connectivity index (χ2v) is 8.04. The SMILES string of the molecule is CCCC(CCCCCC/C=C/C/C=C/CCCCCCCO)CCC(=O)O. The molecule has 0 aromatic heterocycles. The highest BCUT2D eigenvalue weighted by atomic mass is 16.4. The van der Waals surface area contributed by atoms with E-state index in [-0.39, 0.29) is 0 Å². The highest BCUT2D eigenvalue weighted by Crippen LogP contribution is 2.21. The highest BCUT2D eigenvalue weighted by Gasteiger charge is 2.09. The van der Waals surface area contributed by atoms with Gasteiger partial charge in [-0.1, -0.05) is 89.0 Å². The fourth-order valence-electron chi connectivity index (χ4n) is 3.63. The van der Waals surface area contributed by atoms with E-state index in [9.17, 15) is 4.79 Å². The number of carboxylic acid groups (broad SMARTS) is 1. The molecule has 2 N–H and O–H groups in total. The van der Waals surface area contributed by atoms with Crippen LogP contribution in [0.2, 0.25) is 0 Å². The van der Waals surface area contributed by atoms with Crippen LogP contribution in [-0.2, 0) is 4.79 Å². The topological polar surface area (TPSA) is 57.5 Å². The molecule has 0 rings (SSSR count). The van der Waals surface area contributed by atoms with Crippen LogP contribution in [0.3, 0.4) is 0 Å². The zero-order valence-electron chi connectivity index (χ0n) is 18.4. The molecule has 0 fully saturated rings. The molecule has 0 aliphatic rings. The summed E-state index contributed by atoms with van der Waals surface area (Å²) in [7, 11) is 0. The van der Waals surface area contributed by atoms with Gasteiger partial charge in [-0.25, -0.2) is 0 Å². The number of hydrogen-bond acceptors (Lipinski definition) is 2. The lowest BCUT2D eigenvalue weighted by atomic mass is 9.92. The monoisotopic (exact) mass is 394 g/mol. The van der Waals surface area contributed by atoms with Crippen LogP contribution in [0.4, 0.5) is 0 Å². The van der Waals surface area contributed by atoms with Crippen molar-refractivity contribution in [2.45, 2.75) is 116 Å². The number of unbranched alkanes of at least 4 members (excludes halogenated alkanes) is 9. The van der Waals surface area contributed by atoms with Crippen LogP contribution < -0.4 is 0 Å². The Morgan fingerprint density at radius 1 is 0.750 bits per heavy atom. The summed E-state index contributed by atoms with van der Waals surface area (Å²) in [4.78, 5) is 10.7. The van der Waals surface area contributed by atoms with Crippen molar-refractivity contribution < 1.29 is 15.0 Å². The van der Waals surface area contributed by atoms with Crippen LogP contribution in [0.15, 0.2) is 24.3 Å². The van der Waals surface area contributed by atoms with E-state index in [1.165, 1.54) is 70.6 Å². The number of carboxylic acids is 1. The van der Waals surface area contributed by atoms with E-state index in [2.05, 4.69) is 31.2 Å². The first kappa shape index (κ1) is 26.9. The zero-order valence-corrected chi connectivity index (χ0v) is 18.4. The Balaban J connectivity index is 3.44. The lowest BCUT2D eigenvalue weighted by Gasteiger charge is -2.14. The standard InChI is InChI=1S/C25H46O3/c1-2-19-24(21-22-25(27)28)20-17-15-13-11-9-7-5-3-4-6-8-10-12-14-16-18-23-26/h4-7,24,26H,2-3,8-23H2,1H3,(H,27,28)/b6-4+,7-5+. The van der Waals surface area contributed by atoms with Crippen molar-refractivity contribution in [1.82, 2.24) is 0 Å². The molecule has 0 heterocycles. The molecule has 0 saturated carbocycles. The Bertz CT molecular complexity index is 387. The van der Waals surface area contributed by atoms with Crippen LogP contribution >= 0.6 is 0 Å². The van der Waals surface area contributed by atoms with Crippen LogP contribution in [0.1, 0.15) is 116 Å². The third kappa shape index (κ3) is 21.2. The van der Waals surface area contributed by atoms with Gasteiger partial charge in [0.25, 0.3) is 0 Å². The Hall–Kier alpha value is -1.09. The van der Waals surface area contributed by atoms with Crippen molar-refractivity contribution in [2.24, 2.45) is 5.92 Å². The van der Waals surface area contributed by atoms with E-state index >= 15 is 0 Å². The van der Waals surface area contributed by atoms with Gasteiger partial charge in [-0.15, -0.1) is 0 Å². The zero-order chi connectivity index (χ0) is 20.7. The van der Waals surface area contributed by atoms with Gasteiger partial charge >= 0.3 is 5.97 Å². The Morgan fingerprint density at radius 2 is 1.32 bits per heavy atom. The van der Waals surface area contributed by atoms with Gasteiger partial charge in [0.05, 0.1) is 0 Å². The fourth-order valence-corrected chi connectivity index (χ4v) is 3.63. The summed E-state index contributed by atoms with van der Waals surface area (Å²) in [6, 6.07) is 0. The normalized spacial score (nSPS) is 12.9. The van der Waals surface area contributed by atoms with Gasteiger partial charge in [0, 0.05) is 13.0 Å². The number of aliphatic carboxylic acids is 1. The van der Waals surface area contributed by atoms with Crippen molar-refractivity contribution in [3.8, 4) is 0 Å². The molecule has 1 atom stereocenters. The molecule has 0 amide bonds. The minimum Gasteiger partial charge on any atom is -0.481 e. The van der Waals surface area contributed by atoms with E-state index < -0.39 is 5.97 Å². The van der Waals surface area contributed by atoms with E-state index in [0.29, 0.717) is 18.9 Å². The van der Waals surface area contributed by atoms with Gasteiger partial charge in [0.15, 0.2) is 0 Å². The first-order valence-corrected chi connectivity index (χ1v) is 11.8. The lowest BCUT2D eigenvalue weighted by Crippen LogP contribution is -2.04. The van der Waals surface area contributed by atoms with Gasteiger partial charge in [-0.3, -0.25) is 4.79 Å². The van der Waals surface area contributed by atoms with Crippen LogP contribution in [-0.4, -0.2) is 22.8 Å². The molecule has 0 bridgehead atoms. The van der Waals surface area contributed by atoms with E-state index in [4.69, 9.17) is 10.2 Å². The molecule has 0 radical (unpaired) electrons. The van der Waals surface area contributed by atoms with Gasteiger partial charge in [-0.2, -0.15) is 0 Å². The largest absolute Gasteiger partial charge is 0.481 e. The maximum absolute atomic E-state index is 10.7. The van der Waals surface area contributed by atoms with Crippen LogP contribution in [0.5, 0.6) is 0 Å². The first-order chi connectivity index (χ1) is 13.7. The number of hydrogen-bond donors (Lipinski definition) is 2. The third-order valence-electron chi connectivity index (χ3n) is 5.33. The molecule has 0 aliphatic heterocycles. The molecular weight excluding hydrogens is 348 g/mol. The highest BCUT2D eigenvalue weighted by molar-refractivity contribution is 5.66. The molecular formula is C25H46O3. The number of aliphatic hydroxyl groups excluding tert-OH is 1. The molecule has 0 spiro atoms. The van der Waals surface area contributed by atoms with E-state index in [0.717, 1.165) is 32.1 Å². The average molecular weight is 395 g/mol. The minimum absolute atomic E-state index is 0.328. The molecule has 28 heavy (non-hydrogen) atoms. The van der Waals surface area contributed by atoms with Gasteiger partial charge in [0.2, 0.25) is 0 Å². The fraction of sp³-hybridized carbons (Fsp3) is 0.800. The summed E-state index contributed by atoms with van der Waals surface area (Å²) < 4.78 is 0. The second kappa shape index (κ2) is 22.2.